The maximum absolute atomic E-state index is 12.4. The summed E-state index contributed by atoms with van der Waals surface area (Å²) in [6.45, 7) is 2.05. The molecule has 2 N–H and O–H groups in total. The van der Waals surface area contributed by atoms with Crippen LogP contribution in [0.25, 0.3) is 0 Å². The summed E-state index contributed by atoms with van der Waals surface area (Å²) in [5.74, 6) is 0.437. The molecule has 156 valence electrons. The molecule has 0 radical (unpaired) electrons. The summed E-state index contributed by atoms with van der Waals surface area (Å²) < 4.78 is 2.69. The normalized spacial score (nSPS) is 10.6. The molecule has 30 heavy (non-hydrogen) atoms. The van der Waals surface area contributed by atoms with E-state index in [2.05, 4.69) is 36.8 Å². The van der Waals surface area contributed by atoms with E-state index in [1.54, 1.807) is 11.6 Å². The van der Waals surface area contributed by atoms with E-state index in [1.807, 2.05) is 55.5 Å². The average Bonchev–Trinajstić information content (AvgIpc) is 3.08. The number of para-hydroxylation sites is 1. The molecule has 0 saturated heterocycles. The third kappa shape index (κ3) is 5.93. The number of thioether (sulfide) groups is 1. The predicted molar refractivity (Wildman–Crippen MR) is 123 cm³/mol. The van der Waals surface area contributed by atoms with Crippen LogP contribution in [0.15, 0.2) is 58.2 Å². The lowest BCUT2D eigenvalue weighted by molar-refractivity contribution is -0.116. The largest absolute Gasteiger partial charge is 0.325 e. The molecule has 0 unspecified atom stereocenters. The van der Waals surface area contributed by atoms with Crippen molar-refractivity contribution < 1.29 is 9.59 Å². The first kappa shape index (κ1) is 22.0. The van der Waals surface area contributed by atoms with E-state index in [0.717, 1.165) is 27.8 Å². The van der Waals surface area contributed by atoms with Crippen LogP contribution in [-0.2, 0) is 29.5 Å². The number of halogens is 1. The monoisotopic (exact) mass is 487 g/mol. The van der Waals surface area contributed by atoms with Gasteiger partial charge in [0.15, 0.2) is 5.16 Å². The molecule has 0 aliphatic heterocycles. The van der Waals surface area contributed by atoms with Gasteiger partial charge >= 0.3 is 0 Å². The van der Waals surface area contributed by atoms with Gasteiger partial charge in [0, 0.05) is 22.9 Å². The molecule has 0 aliphatic rings. The number of nitrogens with one attached hydrogen (secondary N) is 2. The first-order chi connectivity index (χ1) is 14.5. The SMILES string of the molecule is CCc1ccccc1NC(=O)Cc1nnc(SCC(=O)Nc2ccc(Br)cc2)n1C. The number of rotatable bonds is 8. The second kappa shape index (κ2) is 10.4. The van der Waals surface area contributed by atoms with Gasteiger partial charge in [-0.1, -0.05) is 52.8 Å². The van der Waals surface area contributed by atoms with Crippen molar-refractivity contribution in [1.29, 1.82) is 0 Å². The van der Waals surface area contributed by atoms with E-state index >= 15 is 0 Å². The number of amides is 2. The molecule has 0 saturated carbocycles. The van der Waals surface area contributed by atoms with Crippen LogP contribution in [0.2, 0.25) is 0 Å². The Labute approximate surface area is 187 Å². The van der Waals surface area contributed by atoms with Crippen LogP contribution in [0.5, 0.6) is 0 Å². The van der Waals surface area contributed by atoms with Crippen LogP contribution >= 0.6 is 27.7 Å². The van der Waals surface area contributed by atoms with E-state index in [0.29, 0.717) is 11.0 Å². The first-order valence-corrected chi connectivity index (χ1v) is 11.2. The lowest BCUT2D eigenvalue weighted by Gasteiger charge is -2.09. The molecule has 1 heterocycles. The van der Waals surface area contributed by atoms with Gasteiger partial charge in [-0.15, -0.1) is 10.2 Å². The molecule has 7 nitrogen and oxygen atoms in total. The van der Waals surface area contributed by atoms with Gasteiger partial charge in [-0.05, 0) is 42.3 Å². The summed E-state index contributed by atoms with van der Waals surface area (Å²) in [5, 5.41) is 14.6. The molecule has 1 aromatic heterocycles. The Morgan fingerprint density at radius 3 is 2.50 bits per heavy atom. The lowest BCUT2D eigenvalue weighted by atomic mass is 10.1. The highest BCUT2D eigenvalue weighted by Crippen LogP contribution is 2.19. The second-order valence-corrected chi connectivity index (χ2v) is 8.40. The standard InChI is InChI=1S/C21H22BrN5O2S/c1-3-14-6-4-5-7-17(14)24-19(28)12-18-25-26-21(27(18)2)30-13-20(29)23-16-10-8-15(22)9-11-16/h4-11H,3,12-13H2,1-2H3,(H,23,29)(H,24,28). The maximum Gasteiger partial charge on any atom is 0.234 e. The summed E-state index contributed by atoms with van der Waals surface area (Å²) in [6.07, 6.45) is 0.941. The average molecular weight is 488 g/mol. The van der Waals surface area contributed by atoms with Crippen LogP contribution < -0.4 is 10.6 Å². The van der Waals surface area contributed by atoms with Crippen molar-refractivity contribution in [2.45, 2.75) is 24.9 Å². The van der Waals surface area contributed by atoms with Crippen molar-refractivity contribution in [3.8, 4) is 0 Å². The van der Waals surface area contributed by atoms with Crippen LogP contribution in [0.3, 0.4) is 0 Å². The van der Waals surface area contributed by atoms with Crippen molar-refractivity contribution in [1.82, 2.24) is 14.8 Å². The van der Waals surface area contributed by atoms with Gasteiger partial charge in [0.25, 0.3) is 0 Å². The highest BCUT2D eigenvalue weighted by atomic mass is 79.9. The fourth-order valence-corrected chi connectivity index (χ4v) is 3.77. The van der Waals surface area contributed by atoms with Gasteiger partial charge in [-0.3, -0.25) is 9.59 Å². The Kier molecular flexibility index (Phi) is 7.64. The fourth-order valence-electron chi connectivity index (χ4n) is 2.77. The highest BCUT2D eigenvalue weighted by molar-refractivity contribution is 9.10. The molecule has 0 bridgehead atoms. The molecule has 0 fully saturated rings. The number of aryl methyl sites for hydroxylation is 1. The van der Waals surface area contributed by atoms with Gasteiger partial charge in [0.1, 0.15) is 5.82 Å². The fraction of sp³-hybridized carbons (Fsp3) is 0.238. The molecule has 3 aromatic rings. The molecule has 2 aromatic carbocycles. The summed E-state index contributed by atoms with van der Waals surface area (Å²) in [5.41, 5.74) is 2.62. The van der Waals surface area contributed by atoms with Gasteiger partial charge in [-0.2, -0.15) is 0 Å². The third-order valence-corrected chi connectivity index (χ3v) is 5.93. The Morgan fingerprint density at radius 2 is 1.77 bits per heavy atom. The number of aromatic nitrogens is 3. The molecule has 2 amide bonds. The van der Waals surface area contributed by atoms with Crippen molar-refractivity contribution in [3.63, 3.8) is 0 Å². The minimum absolute atomic E-state index is 0.104. The van der Waals surface area contributed by atoms with Crippen molar-refractivity contribution in [3.05, 3.63) is 64.4 Å². The second-order valence-electron chi connectivity index (χ2n) is 6.54. The number of hydrogen-bond acceptors (Lipinski definition) is 5. The number of benzene rings is 2. The molecule has 9 heteroatoms. The highest BCUT2D eigenvalue weighted by Gasteiger charge is 2.15. The van der Waals surface area contributed by atoms with Crippen molar-refractivity contribution in [2.75, 3.05) is 16.4 Å². The number of carbonyl (C=O) groups excluding carboxylic acids is 2. The Morgan fingerprint density at radius 1 is 1.03 bits per heavy atom. The molecule has 0 atom stereocenters. The molecular formula is C21H22BrN5O2S. The van der Waals surface area contributed by atoms with Gasteiger partial charge in [-0.25, -0.2) is 0 Å². The molecule has 0 spiro atoms. The zero-order chi connectivity index (χ0) is 21.5. The summed E-state index contributed by atoms with van der Waals surface area (Å²) in [7, 11) is 1.79. The van der Waals surface area contributed by atoms with Gasteiger partial charge in [0.2, 0.25) is 11.8 Å². The minimum Gasteiger partial charge on any atom is -0.325 e. The summed E-state index contributed by atoms with van der Waals surface area (Å²) in [4.78, 5) is 24.6. The number of anilines is 2. The van der Waals surface area contributed by atoms with Crippen LogP contribution in [0.4, 0.5) is 11.4 Å². The minimum atomic E-state index is -0.157. The van der Waals surface area contributed by atoms with Crippen LogP contribution in [0, 0.1) is 0 Å². The smallest absolute Gasteiger partial charge is 0.234 e. The van der Waals surface area contributed by atoms with Crippen molar-refractivity contribution >= 4 is 50.9 Å². The van der Waals surface area contributed by atoms with E-state index in [1.165, 1.54) is 11.8 Å². The molecular weight excluding hydrogens is 466 g/mol. The van der Waals surface area contributed by atoms with Crippen molar-refractivity contribution in [2.24, 2.45) is 7.05 Å². The van der Waals surface area contributed by atoms with E-state index in [-0.39, 0.29) is 24.0 Å². The zero-order valence-corrected chi connectivity index (χ0v) is 19.1. The number of nitrogens with zero attached hydrogens (tertiary/aromatic N) is 3. The zero-order valence-electron chi connectivity index (χ0n) is 16.7. The van der Waals surface area contributed by atoms with E-state index in [9.17, 15) is 9.59 Å². The van der Waals surface area contributed by atoms with Crippen LogP contribution in [-0.4, -0.2) is 32.3 Å². The van der Waals surface area contributed by atoms with Gasteiger partial charge in [0.05, 0.1) is 12.2 Å². The topological polar surface area (TPSA) is 88.9 Å². The van der Waals surface area contributed by atoms with Gasteiger partial charge < -0.3 is 15.2 Å². The maximum atomic E-state index is 12.4. The lowest BCUT2D eigenvalue weighted by Crippen LogP contribution is -2.18. The van der Waals surface area contributed by atoms with E-state index < -0.39 is 0 Å². The predicted octanol–water partition coefficient (Wildman–Crippen LogP) is 4.05. The third-order valence-electron chi connectivity index (χ3n) is 4.38. The molecule has 0 aliphatic carbocycles. The Balaban J connectivity index is 1.54. The Bertz CT molecular complexity index is 1040. The molecule has 3 rings (SSSR count). The summed E-state index contributed by atoms with van der Waals surface area (Å²) in [6, 6.07) is 15.1. The van der Waals surface area contributed by atoms with Crippen LogP contribution in [0.1, 0.15) is 18.3 Å². The number of carbonyl (C=O) groups is 2. The number of hydrogen-bond donors (Lipinski definition) is 2. The quantitative estimate of drug-likeness (QED) is 0.467. The summed E-state index contributed by atoms with van der Waals surface area (Å²) >= 11 is 4.63. The van der Waals surface area contributed by atoms with E-state index in [4.69, 9.17) is 0 Å². The Hall–Kier alpha value is -2.65. The first-order valence-electron chi connectivity index (χ1n) is 9.40.